The maximum atomic E-state index is 6.84. The van der Waals surface area contributed by atoms with Gasteiger partial charge in [0.2, 0.25) is 0 Å². The molecule has 252 valence electrons. The molecule has 8 rings (SSSR count). The summed E-state index contributed by atoms with van der Waals surface area (Å²) in [7, 11) is 6.79. The molecule has 0 heterocycles. The lowest BCUT2D eigenvalue weighted by atomic mass is 9.78. The van der Waals surface area contributed by atoms with Crippen molar-refractivity contribution in [3.05, 3.63) is 127 Å². The molecule has 0 aliphatic rings. The first-order valence-electron chi connectivity index (χ1n) is 17.1. The van der Waals surface area contributed by atoms with Crippen molar-refractivity contribution in [3.8, 4) is 73.3 Å². The molecule has 0 N–H and O–H groups in total. The summed E-state index contributed by atoms with van der Waals surface area (Å²) in [5.74, 6) is 4.03. The normalized spacial score (nSPS) is 11.3. The molecule has 0 amide bonds. The minimum atomic E-state index is 0.489. The van der Waals surface area contributed by atoms with Crippen LogP contribution in [0.15, 0.2) is 127 Å². The molecule has 0 spiro atoms. The van der Waals surface area contributed by atoms with Crippen molar-refractivity contribution in [2.75, 3.05) is 35.0 Å². The van der Waals surface area contributed by atoms with Crippen LogP contribution in [0, 0.1) is 0 Å². The summed E-state index contributed by atoms with van der Waals surface area (Å²) in [5, 5.41) is 6.98. The predicted octanol–water partition coefficient (Wildman–Crippen LogP) is 11.7. The van der Waals surface area contributed by atoms with Crippen molar-refractivity contribution < 1.29 is 23.7 Å². The second-order valence-corrected chi connectivity index (χ2v) is 12.4. The third kappa shape index (κ3) is 5.33. The summed E-state index contributed by atoms with van der Waals surface area (Å²) < 4.78 is 29.3. The highest BCUT2D eigenvalue weighted by Gasteiger charge is 2.29. The van der Waals surface area contributed by atoms with Gasteiger partial charge >= 0.3 is 0 Å². The number of methoxy groups -OCH3 is 4. The Morgan fingerprint density at radius 3 is 1.27 bits per heavy atom. The quantitative estimate of drug-likeness (QED) is 0.136. The molecule has 8 aromatic carbocycles. The zero-order chi connectivity index (χ0) is 35.1. The van der Waals surface area contributed by atoms with E-state index in [0.717, 1.165) is 84.0 Å². The maximum Gasteiger partial charge on any atom is 0.136 e. The van der Waals surface area contributed by atoms with Crippen molar-refractivity contribution >= 4 is 32.3 Å². The SMILES string of the molecule is CCOc1c(-c2ccc(OC)cc2)c2ccc3cccc4c(-c5ccc(OC)cc5)c(-c5ccc(OC)cc5)c(c1-c1ccc(OC)cc1)c2c34. The van der Waals surface area contributed by atoms with Crippen molar-refractivity contribution in [3.63, 3.8) is 0 Å². The number of hydrogen-bond acceptors (Lipinski definition) is 5. The molecule has 5 heteroatoms. The van der Waals surface area contributed by atoms with Gasteiger partial charge in [0.25, 0.3) is 0 Å². The van der Waals surface area contributed by atoms with Gasteiger partial charge < -0.3 is 23.7 Å². The van der Waals surface area contributed by atoms with Gasteiger partial charge in [0, 0.05) is 16.5 Å². The number of rotatable bonds is 10. The van der Waals surface area contributed by atoms with Crippen molar-refractivity contribution in [1.82, 2.24) is 0 Å². The van der Waals surface area contributed by atoms with Crippen LogP contribution >= 0.6 is 0 Å². The van der Waals surface area contributed by atoms with Gasteiger partial charge in [0.1, 0.15) is 28.7 Å². The van der Waals surface area contributed by atoms with Gasteiger partial charge in [0.15, 0.2) is 0 Å². The molecule has 0 aliphatic carbocycles. The van der Waals surface area contributed by atoms with Crippen molar-refractivity contribution in [1.29, 1.82) is 0 Å². The van der Waals surface area contributed by atoms with E-state index in [1.54, 1.807) is 28.4 Å². The third-order valence-electron chi connectivity index (χ3n) is 9.84. The Bertz CT molecular complexity index is 2480. The standard InChI is InChI=1S/C46H38O5/c1-6-51-46-41(30-12-21-34(48-3)22-13-30)38-27-18-28-8-7-9-37-39(29-10-19-33(47-2)20-11-29)42(31-14-23-35(49-4)24-15-31)45(44(38)40(28)37)43(46)32-16-25-36(50-5)26-17-32/h7-27H,6H2,1-5H3. The monoisotopic (exact) mass is 670 g/mol. The summed E-state index contributed by atoms with van der Waals surface area (Å²) in [6.45, 7) is 2.54. The van der Waals surface area contributed by atoms with Crippen LogP contribution in [0.3, 0.4) is 0 Å². The molecule has 51 heavy (non-hydrogen) atoms. The van der Waals surface area contributed by atoms with Gasteiger partial charge in [-0.2, -0.15) is 0 Å². The molecular formula is C46H38O5. The van der Waals surface area contributed by atoms with E-state index in [2.05, 4.69) is 78.9 Å². The van der Waals surface area contributed by atoms with Crippen LogP contribution < -0.4 is 23.7 Å². The number of benzene rings is 8. The Balaban J connectivity index is 1.66. The highest BCUT2D eigenvalue weighted by molar-refractivity contribution is 6.36. The predicted molar refractivity (Wildman–Crippen MR) is 209 cm³/mol. The van der Waals surface area contributed by atoms with E-state index < -0.39 is 0 Å². The Morgan fingerprint density at radius 2 is 0.804 bits per heavy atom. The first-order chi connectivity index (χ1) is 25.1. The van der Waals surface area contributed by atoms with E-state index in [0.29, 0.717) is 6.61 Å². The van der Waals surface area contributed by atoms with Gasteiger partial charge in [-0.25, -0.2) is 0 Å². The lowest BCUT2D eigenvalue weighted by Crippen LogP contribution is -2.02. The van der Waals surface area contributed by atoms with E-state index in [-0.39, 0.29) is 0 Å². The minimum Gasteiger partial charge on any atom is -0.497 e. The van der Waals surface area contributed by atoms with Crippen LogP contribution in [0.1, 0.15) is 6.92 Å². The smallest absolute Gasteiger partial charge is 0.136 e. The van der Waals surface area contributed by atoms with Crippen LogP contribution in [0.2, 0.25) is 0 Å². The highest BCUT2D eigenvalue weighted by Crippen LogP contribution is 2.56. The average molecular weight is 671 g/mol. The first-order valence-corrected chi connectivity index (χ1v) is 17.1. The molecule has 0 fully saturated rings. The Kier molecular flexibility index (Phi) is 8.33. The third-order valence-corrected chi connectivity index (χ3v) is 9.84. The molecule has 8 aromatic rings. The van der Waals surface area contributed by atoms with Crippen LogP contribution in [-0.2, 0) is 0 Å². The Morgan fingerprint density at radius 1 is 0.373 bits per heavy atom. The molecule has 0 unspecified atom stereocenters. The van der Waals surface area contributed by atoms with E-state index >= 15 is 0 Å². The lowest BCUT2D eigenvalue weighted by Gasteiger charge is -2.27. The van der Waals surface area contributed by atoms with Gasteiger partial charge in [0.05, 0.1) is 35.0 Å². The molecule has 0 saturated carbocycles. The fraction of sp³-hybridized carbons (Fsp3) is 0.130. The number of hydrogen-bond donors (Lipinski definition) is 0. The van der Waals surface area contributed by atoms with Crippen LogP contribution in [0.4, 0.5) is 0 Å². The summed E-state index contributed by atoms with van der Waals surface area (Å²) in [4.78, 5) is 0. The summed E-state index contributed by atoms with van der Waals surface area (Å²) in [6, 6.07) is 44.5. The fourth-order valence-electron chi connectivity index (χ4n) is 7.52. The van der Waals surface area contributed by atoms with Gasteiger partial charge in [-0.1, -0.05) is 78.9 Å². The maximum absolute atomic E-state index is 6.84. The topological polar surface area (TPSA) is 46.2 Å². The van der Waals surface area contributed by atoms with Crippen molar-refractivity contribution in [2.45, 2.75) is 6.92 Å². The van der Waals surface area contributed by atoms with Crippen LogP contribution in [-0.4, -0.2) is 35.0 Å². The molecule has 0 radical (unpaired) electrons. The van der Waals surface area contributed by atoms with Gasteiger partial charge in [-0.05, 0) is 116 Å². The fourth-order valence-corrected chi connectivity index (χ4v) is 7.52. The first kappa shape index (κ1) is 32.0. The zero-order valence-corrected chi connectivity index (χ0v) is 29.4. The number of ether oxygens (including phenoxy) is 5. The second-order valence-electron chi connectivity index (χ2n) is 12.4. The van der Waals surface area contributed by atoms with Crippen molar-refractivity contribution in [2.24, 2.45) is 0 Å². The summed E-state index contributed by atoms with van der Waals surface area (Å²) >= 11 is 0. The van der Waals surface area contributed by atoms with E-state index in [1.165, 1.54) is 21.5 Å². The molecule has 0 saturated heterocycles. The zero-order valence-electron chi connectivity index (χ0n) is 29.4. The molecule has 0 bridgehead atoms. The molecule has 0 aliphatic heterocycles. The average Bonchev–Trinajstić information content (AvgIpc) is 3.20. The van der Waals surface area contributed by atoms with E-state index in [9.17, 15) is 0 Å². The van der Waals surface area contributed by atoms with Gasteiger partial charge in [-0.3, -0.25) is 0 Å². The summed E-state index contributed by atoms with van der Waals surface area (Å²) in [6.07, 6.45) is 0. The molecular weight excluding hydrogens is 633 g/mol. The van der Waals surface area contributed by atoms with Gasteiger partial charge in [-0.15, -0.1) is 0 Å². The lowest BCUT2D eigenvalue weighted by molar-refractivity contribution is 0.343. The van der Waals surface area contributed by atoms with Crippen LogP contribution in [0.5, 0.6) is 28.7 Å². The Labute approximate surface area is 297 Å². The molecule has 0 aromatic heterocycles. The largest absolute Gasteiger partial charge is 0.497 e. The highest BCUT2D eigenvalue weighted by atomic mass is 16.5. The van der Waals surface area contributed by atoms with Crippen LogP contribution in [0.25, 0.3) is 76.8 Å². The Hall–Kier alpha value is -6.20. The van der Waals surface area contributed by atoms with E-state index in [1.807, 2.05) is 55.5 Å². The summed E-state index contributed by atoms with van der Waals surface area (Å²) in [5.41, 5.74) is 8.57. The molecule has 0 atom stereocenters. The second kappa shape index (κ2) is 13.3. The molecule has 5 nitrogen and oxygen atoms in total. The minimum absolute atomic E-state index is 0.489. The van der Waals surface area contributed by atoms with E-state index in [4.69, 9.17) is 23.7 Å².